The maximum Gasteiger partial charge on any atom is 0.258 e. The van der Waals surface area contributed by atoms with Crippen molar-refractivity contribution < 1.29 is 13.6 Å². The molecular formula is C11H8F2N4O2S. The van der Waals surface area contributed by atoms with Crippen LogP contribution in [0, 0.1) is 16.5 Å². The van der Waals surface area contributed by atoms with Gasteiger partial charge in [0.15, 0.2) is 16.8 Å². The second kappa shape index (κ2) is 5.70. The Hall–Kier alpha value is -2.42. The number of halogens is 2. The number of nitrogens with two attached hydrogens (primary N) is 1. The van der Waals surface area contributed by atoms with E-state index < -0.39 is 23.6 Å². The number of anilines is 2. The molecule has 0 fully saturated rings. The lowest BCUT2D eigenvalue weighted by Crippen LogP contribution is -2.19. The van der Waals surface area contributed by atoms with Crippen LogP contribution in [0.4, 0.5) is 19.6 Å². The third-order valence-electron chi connectivity index (χ3n) is 2.35. The fourth-order valence-corrected chi connectivity index (χ4v) is 2.15. The summed E-state index contributed by atoms with van der Waals surface area (Å²) in [6.45, 7) is 0. The van der Waals surface area contributed by atoms with Gasteiger partial charge in [-0.05, 0) is 12.1 Å². The molecule has 1 atom stereocenters. The molecule has 104 valence electrons. The molecule has 0 aliphatic carbocycles. The molecule has 6 nitrogen and oxygen atoms in total. The largest absolute Gasteiger partial charge is 0.375 e. The van der Waals surface area contributed by atoms with Crippen molar-refractivity contribution in [2.75, 3.05) is 11.1 Å². The molecule has 0 bridgehead atoms. The number of nitrogens with one attached hydrogen (secondary N) is 1. The van der Waals surface area contributed by atoms with Gasteiger partial charge in [0, 0.05) is 18.0 Å². The molecule has 2 aromatic rings. The first kappa shape index (κ1) is 14.0. The SMILES string of the molecule is Nc1ncc(C(N=O)C(=O)Nc2ccc(F)c(F)c2)s1. The Morgan fingerprint density at radius 1 is 1.40 bits per heavy atom. The average Bonchev–Trinajstić information content (AvgIpc) is 2.81. The highest BCUT2D eigenvalue weighted by Gasteiger charge is 2.24. The highest BCUT2D eigenvalue weighted by molar-refractivity contribution is 7.15. The summed E-state index contributed by atoms with van der Waals surface area (Å²) in [5.41, 5.74) is 5.41. The van der Waals surface area contributed by atoms with Crippen LogP contribution >= 0.6 is 11.3 Å². The highest BCUT2D eigenvalue weighted by Crippen LogP contribution is 2.26. The maximum atomic E-state index is 13.0. The zero-order chi connectivity index (χ0) is 14.7. The lowest BCUT2D eigenvalue weighted by Gasteiger charge is -2.08. The number of nitrogens with zero attached hydrogens (tertiary/aromatic N) is 2. The van der Waals surface area contributed by atoms with E-state index in [-0.39, 0.29) is 15.7 Å². The zero-order valence-corrected chi connectivity index (χ0v) is 10.7. The van der Waals surface area contributed by atoms with Crippen molar-refractivity contribution in [3.63, 3.8) is 0 Å². The Labute approximate surface area is 115 Å². The van der Waals surface area contributed by atoms with Gasteiger partial charge in [-0.3, -0.25) is 4.79 Å². The molecule has 1 aromatic heterocycles. The first-order valence-corrected chi connectivity index (χ1v) is 6.12. The Kier molecular flexibility index (Phi) is 3.99. The molecule has 2 rings (SSSR count). The number of hydrogen-bond acceptors (Lipinski definition) is 6. The van der Waals surface area contributed by atoms with E-state index in [1.54, 1.807) is 0 Å². The third-order valence-corrected chi connectivity index (χ3v) is 3.23. The predicted octanol–water partition coefficient (Wildman–Crippen LogP) is 2.45. The molecule has 0 radical (unpaired) electrons. The van der Waals surface area contributed by atoms with Gasteiger partial charge in [0.25, 0.3) is 5.91 Å². The van der Waals surface area contributed by atoms with Gasteiger partial charge in [-0.1, -0.05) is 16.5 Å². The van der Waals surface area contributed by atoms with Crippen LogP contribution in [0.2, 0.25) is 0 Å². The predicted molar refractivity (Wildman–Crippen MR) is 70.1 cm³/mol. The molecule has 1 aromatic carbocycles. The fraction of sp³-hybridized carbons (Fsp3) is 0.0909. The minimum Gasteiger partial charge on any atom is -0.375 e. The number of nitrogen functional groups attached to an aromatic ring is 1. The molecule has 20 heavy (non-hydrogen) atoms. The molecule has 0 aliphatic rings. The molecular weight excluding hydrogens is 290 g/mol. The summed E-state index contributed by atoms with van der Waals surface area (Å²) in [5, 5.41) is 5.15. The van der Waals surface area contributed by atoms with Gasteiger partial charge in [0.1, 0.15) is 0 Å². The van der Waals surface area contributed by atoms with E-state index in [1.807, 2.05) is 0 Å². The van der Waals surface area contributed by atoms with Crippen molar-refractivity contribution >= 4 is 28.1 Å². The zero-order valence-electron chi connectivity index (χ0n) is 9.84. The first-order valence-electron chi connectivity index (χ1n) is 5.31. The van der Waals surface area contributed by atoms with Crippen LogP contribution in [-0.2, 0) is 4.79 Å². The first-order chi connectivity index (χ1) is 9.51. The fourth-order valence-electron chi connectivity index (χ4n) is 1.44. The molecule has 0 aliphatic heterocycles. The topological polar surface area (TPSA) is 97.4 Å². The number of carbonyl (C=O) groups excluding carboxylic acids is 1. The van der Waals surface area contributed by atoms with Crippen molar-refractivity contribution in [2.45, 2.75) is 6.04 Å². The monoisotopic (exact) mass is 298 g/mol. The Balaban J connectivity index is 2.17. The van der Waals surface area contributed by atoms with E-state index in [1.165, 1.54) is 12.3 Å². The summed E-state index contributed by atoms with van der Waals surface area (Å²) in [6.07, 6.45) is 1.26. The van der Waals surface area contributed by atoms with E-state index in [0.717, 1.165) is 23.5 Å². The molecule has 0 saturated heterocycles. The van der Waals surface area contributed by atoms with Crippen molar-refractivity contribution in [3.8, 4) is 0 Å². The van der Waals surface area contributed by atoms with E-state index in [2.05, 4.69) is 15.5 Å². The summed E-state index contributed by atoms with van der Waals surface area (Å²) >= 11 is 0.943. The molecule has 1 unspecified atom stereocenters. The second-order valence-electron chi connectivity index (χ2n) is 3.73. The molecule has 9 heteroatoms. The lowest BCUT2D eigenvalue weighted by molar-refractivity contribution is -0.117. The number of hydrogen-bond donors (Lipinski definition) is 2. The minimum absolute atomic E-state index is 0.0139. The van der Waals surface area contributed by atoms with E-state index in [0.29, 0.717) is 0 Å². The average molecular weight is 298 g/mol. The van der Waals surface area contributed by atoms with Crippen molar-refractivity contribution in [3.05, 3.63) is 45.8 Å². The third kappa shape index (κ3) is 2.94. The van der Waals surface area contributed by atoms with Gasteiger partial charge in [-0.25, -0.2) is 13.8 Å². The normalized spacial score (nSPS) is 11.9. The Morgan fingerprint density at radius 2 is 2.15 bits per heavy atom. The number of rotatable bonds is 4. The van der Waals surface area contributed by atoms with E-state index in [4.69, 9.17) is 5.73 Å². The van der Waals surface area contributed by atoms with Crippen LogP contribution in [-0.4, -0.2) is 10.9 Å². The van der Waals surface area contributed by atoms with E-state index in [9.17, 15) is 18.5 Å². The number of aromatic nitrogens is 1. The number of nitroso groups, excluding NO2 is 1. The van der Waals surface area contributed by atoms with Crippen LogP contribution in [0.15, 0.2) is 29.6 Å². The van der Waals surface area contributed by atoms with Crippen LogP contribution < -0.4 is 11.1 Å². The van der Waals surface area contributed by atoms with E-state index >= 15 is 0 Å². The lowest BCUT2D eigenvalue weighted by atomic mass is 10.2. The van der Waals surface area contributed by atoms with Gasteiger partial charge in [-0.2, -0.15) is 0 Å². The van der Waals surface area contributed by atoms with Crippen LogP contribution in [0.25, 0.3) is 0 Å². The van der Waals surface area contributed by atoms with Gasteiger partial charge >= 0.3 is 0 Å². The van der Waals surface area contributed by atoms with Crippen molar-refractivity contribution in [1.82, 2.24) is 4.98 Å². The van der Waals surface area contributed by atoms with Crippen molar-refractivity contribution in [1.29, 1.82) is 0 Å². The smallest absolute Gasteiger partial charge is 0.258 e. The van der Waals surface area contributed by atoms with Gasteiger partial charge in [0.2, 0.25) is 6.04 Å². The number of benzene rings is 1. The van der Waals surface area contributed by atoms with Crippen LogP contribution in [0.1, 0.15) is 10.9 Å². The summed E-state index contributed by atoms with van der Waals surface area (Å²) in [6, 6.07) is 1.48. The molecule has 1 heterocycles. The number of thiazole rings is 1. The number of carbonyl (C=O) groups is 1. The van der Waals surface area contributed by atoms with Crippen LogP contribution in [0.3, 0.4) is 0 Å². The molecule has 3 N–H and O–H groups in total. The summed E-state index contributed by atoms with van der Waals surface area (Å²) in [5.74, 6) is -2.93. The van der Waals surface area contributed by atoms with Gasteiger partial charge in [0.05, 0.1) is 4.88 Å². The standard InChI is InChI=1S/C11H8F2N4O2S/c12-6-2-1-5(3-7(6)13)16-10(18)9(17-19)8-4-15-11(14)20-8/h1-4,9H,(H2,14,15)(H,16,18). The minimum atomic E-state index is -1.35. The molecule has 1 amide bonds. The van der Waals surface area contributed by atoms with Gasteiger partial charge < -0.3 is 11.1 Å². The Morgan fingerprint density at radius 3 is 2.70 bits per heavy atom. The van der Waals surface area contributed by atoms with Gasteiger partial charge in [-0.15, -0.1) is 4.91 Å². The van der Waals surface area contributed by atoms with Crippen molar-refractivity contribution in [2.24, 2.45) is 5.18 Å². The molecule has 0 saturated carbocycles. The molecule has 0 spiro atoms. The van der Waals surface area contributed by atoms with Crippen LogP contribution in [0.5, 0.6) is 0 Å². The Bertz CT molecular complexity index is 662. The highest BCUT2D eigenvalue weighted by atomic mass is 32.1. The summed E-state index contributed by atoms with van der Waals surface area (Å²) in [7, 11) is 0. The number of amides is 1. The summed E-state index contributed by atoms with van der Waals surface area (Å²) in [4.78, 5) is 26.6. The summed E-state index contributed by atoms with van der Waals surface area (Å²) < 4.78 is 25.8. The quantitative estimate of drug-likeness (QED) is 0.847. The maximum absolute atomic E-state index is 13.0. The second-order valence-corrected chi connectivity index (χ2v) is 4.82.